The van der Waals surface area contributed by atoms with Gasteiger partial charge in [0.15, 0.2) is 0 Å². The molecule has 0 aliphatic rings. The Balaban J connectivity index is 2.18. The van der Waals surface area contributed by atoms with Crippen molar-refractivity contribution in [2.45, 2.75) is 6.92 Å². The minimum absolute atomic E-state index is 0.389. The van der Waals surface area contributed by atoms with Crippen molar-refractivity contribution in [2.24, 2.45) is 0 Å². The highest BCUT2D eigenvalue weighted by atomic mass is 16.2. The van der Waals surface area contributed by atoms with Crippen LogP contribution in [-0.4, -0.2) is 25.8 Å². The van der Waals surface area contributed by atoms with Gasteiger partial charge in [0, 0.05) is 19.7 Å². The Hall–Kier alpha value is -2.62. The minimum atomic E-state index is -0.631. The van der Waals surface area contributed by atoms with E-state index in [-0.39, 0.29) is 0 Å². The predicted octanol–water partition coefficient (Wildman–Crippen LogP) is 2.88. The second-order valence-corrected chi connectivity index (χ2v) is 5.06. The Labute approximate surface area is 124 Å². The van der Waals surface area contributed by atoms with Crippen LogP contribution in [-0.2, 0) is 4.79 Å². The zero-order chi connectivity index (χ0) is 15.4. The molecule has 108 valence electrons. The van der Waals surface area contributed by atoms with E-state index >= 15 is 0 Å². The summed E-state index contributed by atoms with van der Waals surface area (Å²) < 4.78 is 0. The maximum absolute atomic E-state index is 12.1. The molecule has 1 N–H and O–H groups in total. The molecule has 0 saturated carbocycles. The lowest BCUT2D eigenvalue weighted by atomic mass is 10.1. The topological polar surface area (TPSA) is 49.4 Å². The Morgan fingerprint density at radius 2 is 1.57 bits per heavy atom. The van der Waals surface area contributed by atoms with Gasteiger partial charge in [-0.1, -0.05) is 42.0 Å². The summed E-state index contributed by atoms with van der Waals surface area (Å²) in [5, 5.41) is 2.67. The number of nitrogens with zero attached hydrogens (tertiary/aromatic N) is 1. The minimum Gasteiger partial charge on any atom is -0.376 e. The molecule has 0 bridgehead atoms. The molecule has 2 rings (SSSR count). The van der Waals surface area contributed by atoms with Crippen molar-refractivity contribution in [1.29, 1.82) is 0 Å². The highest BCUT2D eigenvalue weighted by Gasteiger charge is 2.17. The van der Waals surface area contributed by atoms with Gasteiger partial charge in [-0.05, 0) is 19.1 Å². The molecule has 2 aromatic rings. The number of hydrogen-bond donors (Lipinski definition) is 1. The number of para-hydroxylation sites is 2. The molecule has 1 amide bonds. The average Bonchev–Trinajstić information content (AvgIpc) is 2.47. The van der Waals surface area contributed by atoms with E-state index in [0.717, 1.165) is 11.3 Å². The zero-order valence-electron chi connectivity index (χ0n) is 12.4. The van der Waals surface area contributed by atoms with Crippen LogP contribution in [0.5, 0.6) is 0 Å². The molecule has 0 fully saturated rings. The molecule has 2 aromatic carbocycles. The van der Waals surface area contributed by atoms with Crippen molar-refractivity contribution in [3.05, 3.63) is 59.7 Å². The molecule has 0 saturated heterocycles. The van der Waals surface area contributed by atoms with Gasteiger partial charge in [0.1, 0.15) is 0 Å². The Bertz CT molecular complexity index is 661. The van der Waals surface area contributed by atoms with E-state index in [1.165, 1.54) is 0 Å². The fourth-order valence-electron chi connectivity index (χ4n) is 1.98. The molecule has 0 aliphatic carbocycles. The third-order valence-electron chi connectivity index (χ3n) is 3.15. The van der Waals surface area contributed by atoms with Gasteiger partial charge in [-0.2, -0.15) is 0 Å². The molecule has 0 atom stereocenters. The van der Waals surface area contributed by atoms with Crippen LogP contribution >= 0.6 is 0 Å². The number of aryl methyl sites for hydroxylation is 1. The van der Waals surface area contributed by atoms with Gasteiger partial charge in [0.25, 0.3) is 11.7 Å². The Morgan fingerprint density at radius 3 is 2.19 bits per heavy atom. The first-order chi connectivity index (χ1) is 9.99. The fourth-order valence-corrected chi connectivity index (χ4v) is 1.98. The van der Waals surface area contributed by atoms with Crippen molar-refractivity contribution in [1.82, 2.24) is 0 Å². The number of benzene rings is 2. The smallest absolute Gasteiger partial charge is 0.296 e. The summed E-state index contributed by atoms with van der Waals surface area (Å²) in [5.41, 5.74) is 2.90. The highest BCUT2D eigenvalue weighted by Crippen LogP contribution is 2.23. The quantitative estimate of drug-likeness (QED) is 0.693. The number of Topliss-reactive ketones (excluding diaryl/α,β-unsaturated/α-hetero) is 1. The third kappa shape index (κ3) is 3.48. The average molecular weight is 282 g/mol. The first kappa shape index (κ1) is 14.8. The SMILES string of the molecule is Cc1ccc(C(=O)C(=O)Nc2ccccc2N(C)C)cc1. The van der Waals surface area contributed by atoms with Gasteiger partial charge in [0.05, 0.1) is 11.4 Å². The molecule has 21 heavy (non-hydrogen) atoms. The number of ketones is 1. The standard InChI is InChI=1S/C17H18N2O2/c1-12-8-10-13(11-9-12)16(20)17(21)18-14-6-4-5-7-15(14)19(2)3/h4-11H,1-3H3,(H,18,21). The van der Waals surface area contributed by atoms with Crippen LogP contribution < -0.4 is 10.2 Å². The summed E-state index contributed by atoms with van der Waals surface area (Å²) >= 11 is 0. The molecule has 0 radical (unpaired) electrons. The highest BCUT2D eigenvalue weighted by molar-refractivity contribution is 6.46. The largest absolute Gasteiger partial charge is 0.376 e. The Morgan fingerprint density at radius 1 is 0.952 bits per heavy atom. The van der Waals surface area contributed by atoms with Crippen LogP contribution in [0.15, 0.2) is 48.5 Å². The van der Waals surface area contributed by atoms with Crippen LogP contribution in [0.2, 0.25) is 0 Å². The molecule has 0 spiro atoms. The number of carbonyl (C=O) groups is 2. The van der Waals surface area contributed by atoms with Crippen LogP contribution in [0.25, 0.3) is 0 Å². The molecule has 4 heteroatoms. The first-order valence-electron chi connectivity index (χ1n) is 6.67. The molecule has 0 heterocycles. The van der Waals surface area contributed by atoms with Crippen molar-refractivity contribution >= 4 is 23.1 Å². The second-order valence-electron chi connectivity index (χ2n) is 5.06. The molecule has 0 aliphatic heterocycles. The fraction of sp³-hybridized carbons (Fsp3) is 0.176. The second kappa shape index (κ2) is 6.22. The third-order valence-corrected chi connectivity index (χ3v) is 3.15. The lowest BCUT2D eigenvalue weighted by molar-refractivity contribution is -0.112. The summed E-state index contributed by atoms with van der Waals surface area (Å²) in [6.07, 6.45) is 0. The lowest BCUT2D eigenvalue weighted by Crippen LogP contribution is -2.24. The maximum atomic E-state index is 12.1. The van der Waals surface area contributed by atoms with E-state index < -0.39 is 11.7 Å². The first-order valence-corrected chi connectivity index (χ1v) is 6.67. The van der Waals surface area contributed by atoms with Gasteiger partial charge in [-0.15, -0.1) is 0 Å². The number of hydrogen-bond acceptors (Lipinski definition) is 3. The summed E-state index contributed by atoms with van der Waals surface area (Å²) in [6, 6.07) is 14.3. The number of carbonyl (C=O) groups excluding carboxylic acids is 2. The van der Waals surface area contributed by atoms with Gasteiger partial charge < -0.3 is 10.2 Å². The van der Waals surface area contributed by atoms with E-state index in [0.29, 0.717) is 11.3 Å². The van der Waals surface area contributed by atoms with Crippen molar-refractivity contribution < 1.29 is 9.59 Å². The summed E-state index contributed by atoms with van der Waals surface area (Å²) in [6.45, 7) is 1.93. The molecule has 4 nitrogen and oxygen atoms in total. The van der Waals surface area contributed by atoms with Crippen molar-refractivity contribution in [3.63, 3.8) is 0 Å². The van der Waals surface area contributed by atoms with Crippen LogP contribution in [0.4, 0.5) is 11.4 Å². The summed E-state index contributed by atoms with van der Waals surface area (Å²) in [5.74, 6) is -1.17. The van der Waals surface area contributed by atoms with Crippen molar-refractivity contribution in [3.8, 4) is 0 Å². The van der Waals surface area contributed by atoms with Crippen LogP contribution in [0.1, 0.15) is 15.9 Å². The Kier molecular flexibility index (Phi) is 4.38. The zero-order valence-corrected chi connectivity index (χ0v) is 12.4. The van der Waals surface area contributed by atoms with Crippen LogP contribution in [0.3, 0.4) is 0 Å². The van der Waals surface area contributed by atoms with E-state index in [1.54, 1.807) is 18.2 Å². The predicted molar refractivity (Wildman–Crippen MR) is 84.9 cm³/mol. The maximum Gasteiger partial charge on any atom is 0.296 e. The number of rotatable bonds is 4. The molecule has 0 aromatic heterocycles. The van der Waals surface area contributed by atoms with E-state index in [1.807, 2.05) is 56.3 Å². The van der Waals surface area contributed by atoms with Crippen LogP contribution in [0, 0.1) is 6.92 Å². The number of anilines is 2. The lowest BCUT2D eigenvalue weighted by Gasteiger charge is -2.17. The van der Waals surface area contributed by atoms with E-state index in [2.05, 4.69) is 5.32 Å². The van der Waals surface area contributed by atoms with Gasteiger partial charge in [-0.3, -0.25) is 9.59 Å². The van der Waals surface area contributed by atoms with Gasteiger partial charge >= 0.3 is 0 Å². The van der Waals surface area contributed by atoms with Gasteiger partial charge in [0.2, 0.25) is 0 Å². The van der Waals surface area contributed by atoms with Crippen molar-refractivity contribution in [2.75, 3.05) is 24.3 Å². The monoisotopic (exact) mass is 282 g/mol. The summed E-state index contributed by atoms with van der Waals surface area (Å²) in [4.78, 5) is 26.1. The summed E-state index contributed by atoms with van der Waals surface area (Å²) in [7, 11) is 3.76. The molecule has 0 unspecified atom stereocenters. The normalized spacial score (nSPS) is 10.0. The van der Waals surface area contributed by atoms with Gasteiger partial charge in [-0.25, -0.2) is 0 Å². The number of nitrogens with one attached hydrogen (secondary N) is 1. The molecular formula is C17H18N2O2. The van der Waals surface area contributed by atoms with E-state index in [4.69, 9.17) is 0 Å². The molecular weight excluding hydrogens is 264 g/mol. The number of amides is 1. The van der Waals surface area contributed by atoms with E-state index in [9.17, 15) is 9.59 Å².